The fraction of sp³-hybridized carbons (Fsp3) is 0.381. The van der Waals surface area contributed by atoms with Crippen molar-refractivity contribution >= 4 is 17.8 Å². The number of ether oxygens (including phenoxy) is 1. The Morgan fingerprint density at radius 2 is 2.11 bits per heavy atom. The van der Waals surface area contributed by atoms with E-state index in [2.05, 4.69) is 11.9 Å². The number of rotatable bonds is 6. The number of nitriles is 1. The molecule has 0 spiro atoms. The molecule has 0 radical (unpaired) electrons. The first-order valence-electron chi connectivity index (χ1n) is 8.99. The van der Waals surface area contributed by atoms with E-state index < -0.39 is 11.8 Å². The number of nitrogens with zero attached hydrogens (tertiary/aromatic N) is 1. The molecule has 6 nitrogen and oxygen atoms in total. The molecule has 140 valence electrons. The van der Waals surface area contributed by atoms with Crippen molar-refractivity contribution in [2.24, 2.45) is 5.92 Å². The van der Waals surface area contributed by atoms with Crippen LogP contribution in [0.4, 0.5) is 0 Å². The van der Waals surface area contributed by atoms with Gasteiger partial charge in [-0.1, -0.05) is 6.92 Å². The third-order valence-electron chi connectivity index (χ3n) is 4.92. The van der Waals surface area contributed by atoms with Gasteiger partial charge in [-0.3, -0.25) is 4.79 Å². The van der Waals surface area contributed by atoms with Crippen LogP contribution < -0.4 is 0 Å². The maximum absolute atomic E-state index is 12.8. The van der Waals surface area contributed by atoms with E-state index >= 15 is 0 Å². The average Bonchev–Trinajstić information content (AvgIpc) is 3.04. The Bertz CT molecular complexity index is 971. The number of nitrogens with one attached hydrogen (secondary N) is 1. The number of hydrogen-bond acceptors (Lipinski definition) is 5. The number of aromatic nitrogens is 1. The smallest absolute Gasteiger partial charge is 0.340 e. The number of H-pyrrole nitrogens is 1. The van der Waals surface area contributed by atoms with Crippen LogP contribution >= 0.6 is 0 Å². The zero-order chi connectivity index (χ0) is 19.7. The highest BCUT2D eigenvalue weighted by atomic mass is 16.5. The van der Waals surface area contributed by atoms with Crippen LogP contribution in [-0.4, -0.2) is 23.3 Å². The molecule has 6 heteroatoms. The van der Waals surface area contributed by atoms with Gasteiger partial charge < -0.3 is 14.1 Å². The van der Waals surface area contributed by atoms with Gasteiger partial charge in [0.2, 0.25) is 5.78 Å². The second-order valence-electron chi connectivity index (χ2n) is 6.90. The number of aryl methyl sites for hydroxylation is 1. The summed E-state index contributed by atoms with van der Waals surface area (Å²) in [5.41, 5.74) is 1.50. The minimum atomic E-state index is -0.487. The monoisotopic (exact) mass is 366 g/mol. The second-order valence-corrected chi connectivity index (χ2v) is 6.90. The highest BCUT2D eigenvalue weighted by molar-refractivity contribution is 6.15. The second kappa shape index (κ2) is 7.28. The van der Waals surface area contributed by atoms with Crippen molar-refractivity contribution in [1.29, 1.82) is 5.26 Å². The molecule has 2 aromatic heterocycles. The van der Waals surface area contributed by atoms with Crippen LogP contribution in [-0.2, 0) is 4.74 Å². The highest BCUT2D eigenvalue weighted by Gasteiger charge is 2.36. The molecule has 1 fully saturated rings. The number of Topliss-reactive ketones (excluding diaryl/α,β-unsaturated/α-hetero) is 1. The van der Waals surface area contributed by atoms with Gasteiger partial charge in [-0.25, -0.2) is 4.79 Å². The normalized spacial score (nSPS) is 18.9. The number of esters is 1. The van der Waals surface area contributed by atoms with Crippen molar-refractivity contribution < 1.29 is 18.7 Å². The summed E-state index contributed by atoms with van der Waals surface area (Å²) in [7, 11) is 0. The molecule has 1 aliphatic rings. The molecule has 1 aliphatic carbocycles. The van der Waals surface area contributed by atoms with Crippen LogP contribution in [0.3, 0.4) is 0 Å². The van der Waals surface area contributed by atoms with Gasteiger partial charge in [-0.2, -0.15) is 5.26 Å². The summed E-state index contributed by atoms with van der Waals surface area (Å²) in [6, 6.07) is 5.59. The summed E-state index contributed by atoms with van der Waals surface area (Å²) in [5, 5.41) is 9.46. The Labute approximate surface area is 157 Å². The van der Waals surface area contributed by atoms with E-state index in [0.29, 0.717) is 34.4 Å². The molecule has 1 saturated carbocycles. The predicted molar refractivity (Wildman–Crippen MR) is 99.4 cm³/mol. The summed E-state index contributed by atoms with van der Waals surface area (Å²) in [5.74, 6) is 1.42. The van der Waals surface area contributed by atoms with Gasteiger partial charge in [0.25, 0.3) is 0 Å². The van der Waals surface area contributed by atoms with Crippen LogP contribution in [0.15, 0.2) is 22.1 Å². The first-order chi connectivity index (χ1) is 12.9. The molecule has 0 unspecified atom stereocenters. The van der Waals surface area contributed by atoms with Crippen molar-refractivity contribution in [3.63, 3.8) is 0 Å². The molecule has 27 heavy (non-hydrogen) atoms. The number of furan rings is 1. The minimum absolute atomic E-state index is 0.0560. The van der Waals surface area contributed by atoms with Crippen molar-refractivity contribution in [2.75, 3.05) is 6.61 Å². The Kier molecular flexibility index (Phi) is 5.04. The number of hydrogen-bond donors (Lipinski definition) is 1. The van der Waals surface area contributed by atoms with Gasteiger partial charge in [0, 0.05) is 17.7 Å². The first kappa shape index (κ1) is 18.7. The Balaban J connectivity index is 1.89. The first-order valence-corrected chi connectivity index (χ1v) is 8.99. The van der Waals surface area contributed by atoms with Gasteiger partial charge in [0.1, 0.15) is 23.2 Å². The summed E-state index contributed by atoms with van der Waals surface area (Å²) >= 11 is 0. The molecule has 0 aromatic carbocycles. The quantitative estimate of drug-likeness (QED) is 0.355. The van der Waals surface area contributed by atoms with Gasteiger partial charge in [0.15, 0.2) is 0 Å². The molecule has 2 atom stereocenters. The van der Waals surface area contributed by atoms with E-state index in [-0.39, 0.29) is 17.9 Å². The Morgan fingerprint density at radius 1 is 1.41 bits per heavy atom. The van der Waals surface area contributed by atoms with Crippen molar-refractivity contribution in [3.05, 3.63) is 51.7 Å². The van der Waals surface area contributed by atoms with Crippen LogP contribution in [0.2, 0.25) is 0 Å². The van der Waals surface area contributed by atoms with Crippen molar-refractivity contribution in [1.82, 2.24) is 4.98 Å². The number of allylic oxidation sites excluding steroid dienone is 1. The van der Waals surface area contributed by atoms with Crippen molar-refractivity contribution in [2.45, 2.75) is 40.0 Å². The lowest BCUT2D eigenvalue weighted by Crippen LogP contribution is -2.08. The number of carbonyl (C=O) groups excluding carboxylic acids is 2. The molecule has 0 aliphatic heterocycles. The zero-order valence-electron chi connectivity index (χ0n) is 15.9. The van der Waals surface area contributed by atoms with E-state index in [1.54, 1.807) is 26.8 Å². The van der Waals surface area contributed by atoms with E-state index in [1.807, 2.05) is 12.1 Å². The molecular weight excluding hydrogens is 344 g/mol. The van der Waals surface area contributed by atoms with Gasteiger partial charge in [-0.15, -0.1) is 0 Å². The third-order valence-corrected chi connectivity index (χ3v) is 4.92. The van der Waals surface area contributed by atoms with Crippen LogP contribution in [0.5, 0.6) is 0 Å². The van der Waals surface area contributed by atoms with E-state index in [1.165, 1.54) is 6.08 Å². The van der Waals surface area contributed by atoms with Crippen molar-refractivity contribution in [3.8, 4) is 6.07 Å². The zero-order valence-corrected chi connectivity index (χ0v) is 15.9. The lowest BCUT2D eigenvalue weighted by atomic mass is 10.0. The van der Waals surface area contributed by atoms with E-state index in [9.17, 15) is 14.9 Å². The van der Waals surface area contributed by atoms with Gasteiger partial charge in [-0.05, 0) is 50.8 Å². The average molecular weight is 366 g/mol. The molecule has 2 aromatic rings. The number of aromatic amines is 1. The molecule has 0 bridgehead atoms. The largest absolute Gasteiger partial charge is 0.462 e. The van der Waals surface area contributed by atoms with E-state index in [0.717, 1.165) is 12.2 Å². The lowest BCUT2D eigenvalue weighted by molar-refractivity contribution is 0.0525. The van der Waals surface area contributed by atoms with Crippen LogP contribution in [0, 0.1) is 31.1 Å². The third kappa shape index (κ3) is 3.59. The topological polar surface area (TPSA) is 96.1 Å². The molecule has 0 amide bonds. The van der Waals surface area contributed by atoms with Gasteiger partial charge >= 0.3 is 5.97 Å². The standard InChI is InChI=1S/C21H22N2O4/c1-5-26-21(25)18-12(3)19(23-13(18)4)20(24)14(10-22)9-15-6-7-17(27-15)16-8-11(16)2/h6-7,9,11,16,23H,5,8H2,1-4H3/b14-9+/t11-,16-/m1/s1. The highest BCUT2D eigenvalue weighted by Crippen LogP contribution is 2.47. The van der Waals surface area contributed by atoms with Crippen LogP contribution in [0.1, 0.15) is 69.8 Å². The molecule has 2 heterocycles. The summed E-state index contributed by atoms with van der Waals surface area (Å²) in [6.07, 6.45) is 2.54. The fourth-order valence-electron chi connectivity index (χ4n) is 3.28. The van der Waals surface area contributed by atoms with Crippen LogP contribution in [0.25, 0.3) is 6.08 Å². The predicted octanol–water partition coefficient (Wildman–Crippen LogP) is 4.31. The Morgan fingerprint density at radius 3 is 2.70 bits per heavy atom. The molecule has 0 saturated heterocycles. The number of carbonyl (C=O) groups is 2. The maximum atomic E-state index is 12.8. The summed E-state index contributed by atoms with van der Waals surface area (Å²) < 4.78 is 10.8. The van der Waals surface area contributed by atoms with Gasteiger partial charge in [0.05, 0.1) is 17.9 Å². The molecule has 3 rings (SSSR count). The minimum Gasteiger partial charge on any atom is -0.462 e. The SMILES string of the molecule is CCOC(=O)c1c(C)[nH]c(C(=O)/C(C#N)=C/c2ccc([C@@H]3C[C@H]3C)o2)c1C. The lowest BCUT2D eigenvalue weighted by Gasteiger charge is -2.02. The Hall–Kier alpha value is -3.07. The maximum Gasteiger partial charge on any atom is 0.340 e. The summed E-state index contributed by atoms with van der Waals surface area (Å²) in [6.45, 7) is 7.48. The molecular formula is C21H22N2O4. The molecule has 1 N–H and O–H groups in total. The number of ketones is 1. The summed E-state index contributed by atoms with van der Waals surface area (Å²) in [4.78, 5) is 27.9. The van der Waals surface area contributed by atoms with E-state index in [4.69, 9.17) is 9.15 Å². The fourth-order valence-corrected chi connectivity index (χ4v) is 3.28.